The maximum atomic E-state index is 5.69. The molecule has 12 heavy (non-hydrogen) atoms. The van der Waals surface area contributed by atoms with E-state index in [1.165, 1.54) is 6.33 Å². The van der Waals surface area contributed by atoms with Crippen LogP contribution in [-0.2, 0) is 0 Å². The van der Waals surface area contributed by atoms with Gasteiger partial charge in [-0.15, -0.1) is 0 Å². The van der Waals surface area contributed by atoms with Gasteiger partial charge in [0.2, 0.25) is 0 Å². The Labute approximate surface area is 73.6 Å². The summed E-state index contributed by atoms with van der Waals surface area (Å²) in [6.45, 7) is 0. The lowest BCUT2D eigenvalue weighted by Crippen LogP contribution is -1.85. The van der Waals surface area contributed by atoms with Crippen molar-refractivity contribution in [2.45, 2.75) is 0 Å². The largest absolute Gasteiger partial charge is 0.258 e. The average Bonchev–Trinajstić information content (AvgIpc) is 2.56. The van der Waals surface area contributed by atoms with Crippen LogP contribution in [0.15, 0.2) is 24.5 Å². The highest BCUT2D eigenvalue weighted by Crippen LogP contribution is 2.12. The second kappa shape index (κ2) is 2.91. The van der Waals surface area contributed by atoms with Crippen molar-refractivity contribution >= 4 is 11.6 Å². The summed E-state index contributed by atoms with van der Waals surface area (Å²) in [6, 6.07) is 5.33. The van der Waals surface area contributed by atoms with Crippen LogP contribution in [-0.4, -0.2) is 20.2 Å². The van der Waals surface area contributed by atoms with Crippen LogP contribution in [0.5, 0.6) is 0 Å². The van der Waals surface area contributed by atoms with Crippen LogP contribution in [0.4, 0.5) is 0 Å². The molecule has 0 fully saturated rings. The third-order valence-electron chi connectivity index (χ3n) is 1.37. The summed E-state index contributed by atoms with van der Waals surface area (Å²) in [7, 11) is 0. The van der Waals surface area contributed by atoms with Crippen LogP contribution in [0, 0.1) is 0 Å². The van der Waals surface area contributed by atoms with E-state index in [0.29, 0.717) is 16.7 Å². The molecule has 1 N–H and O–H groups in total. The van der Waals surface area contributed by atoms with Gasteiger partial charge in [0.05, 0.1) is 0 Å². The quantitative estimate of drug-likeness (QED) is 0.677. The predicted octanol–water partition coefficient (Wildman–Crippen LogP) is 1.52. The monoisotopic (exact) mass is 180 g/mol. The summed E-state index contributed by atoms with van der Waals surface area (Å²) in [4.78, 5) is 7.99. The van der Waals surface area contributed by atoms with Crippen molar-refractivity contribution in [1.29, 1.82) is 0 Å². The number of hydrogen-bond donors (Lipinski definition) is 1. The minimum atomic E-state index is 0.448. The minimum absolute atomic E-state index is 0.448. The van der Waals surface area contributed by atoms with Crippen molar-refractivity contribution in [2.24, 2.45) is 0 Å². The van der Waals surface area contributed by atoms with Crippen molar-refractivity contribution in [3.05, 3.63) is 29.7 Å². The first-order chi connectivity index (χ1) is 5.86. The van der Waals surface area contributed by atoms with Gasteiger partial charge in [0.15, 0.2) is 5.82 Å². The maximum absolute atomic E-state index is 5.69. The molecular formula is C7H5ClN4. The molecule has 2 aromatic heterocycles. The molecule has 0 unspecified atom stereocenters. The Bertz CT molecular complexity index is 371. The van der Waals surface area contributed by atoms with Gasteiger partial charge in [-0.3, -0.25) is 5.10 Å². The molecule has 60 valence electrons. The van der Waals surface area contributed by atoms with Crippen LogP contribution in [0.1, 0.15) is 0 Å². The van der Waals surface area contributed by atoms with E-state index in [0.717, 1.165) is 0 Å². The topological polar surface area (TPSA) is 54.5 Å². The second-order valence-electron chi connectivity index (χ2n) is 2.18. The number of halogens is 1. The van der Waals surface area contributed by atoms with E-state index in [9.17, 15) is 0 Å². The number of aromatic amines is 1. The molecule has 0 radical (unpaired) electrons. The Morgan fingerprint density at radius 1 is 1.33 bits per heavy atom. The fraction of sp³-hybridized carbons (Fsp3) is 0. The Kier molecular flexibility index (Phi) is 1.75. The highest BCUT2D eigenvalue weighted by atomic mass is 35.5. The summed E-state index contributed by atoms with van der Waals surface area (Å²) < 4.78 is 0. The number of pyridine rings is 1. The molecule has 2 aromatic rings. The number of nitrogens with one attached hydrogen (secondary N) is 1. The highest BCUT2D eigenvalue weighted by molar-refractivity contribution is 6.29. The molecule has 2 heterocycles. The van der Waals surface area contributed by atoms with E-state index in [2.05, 4.69) is 20.2 Å². The number of rotatable bonds is 1. The van der Waals surface area contributed by atoms with E-state index >= 15 is 0 Å². The van der Waals surface area contributed by atoms with Gasteiger partial charge in [-0.1, -0.05) is 17.7 Å². The smallest absolute Gasteiger partial charge is 0.174 e. The average molecular weight is 181 g/mol. The highest BCUT2D eigenvalue weighted by Gasteiger charge is 2.00. The third kappa shape index (κ3) is 1.29. The van der Waals surface area contributed by atoms with Gasteiger partial charge in [-0.05, 0) is 12.1 Å². The molecule has 0 aliphatic rings. The van der Waals surface area contributed by atoms with Gasteiger partial charge >= 0.3 is 0 Å². The zero-order valence-corrected chi connectivity index (χ0v) is 6.78. The van der Waals surface area contributed by atoms with E-state index in [1.54, 1.807) is 6.07 Å². The van der Waals surface area contributed by atoms with Gasteiger partial charge in [-0.25, -0.2) is 9.97 Å². The fourth-order valence-electron chi connectivity index (χ4n) is 0.869. The fourth-order valence-corrected chi connectivity index (χ4v) is 1.03. The molecule has 0 bridgehead atoms. The van der Waals surface area contributed by atoms with Crippen molar-refractivity contribution in [3.8, 4) is 11.5 Å². The second-order valence-corrected chi connectivity index (χ2v) is 2.57. The molecule has 0 aliphatic heterocycles. The van der Waals surface area contributed by atoms with E-state index in [-0.39, 0.29) is 0 Å². The van der Waals surface area contributed by atoms with Crippen molar-refractivity contribution < 1.29 is 0 Å². The lowest BCUT2D eigenvalue weighted by molar-refractivity contribution is 1.09. The van der Waals surface area contributed by atoms with Crippen LogP contribution in [0.2, 0.25) is 5.15 Å². The lowest BCUT2D eigenvalue weighted by Gasteiger charge is -1.93. The number of hydrogen-bond acceptors (Lipinski definition) is 3. The number of aromatic nitrogens is 4. The Hall–Kier alpha value is -1.42. The molecule has 4 nitrogen and oxygen atoms in total. The first kappa shape index (κ1) is 7.24. The molecule has 5 heteroatoms. The molecule has 0 saturated carbocycles. The SMILES string of the molecule is Clc1cccc(-c2ncn[nH]2)n1. The Morgan fingerprint density at radius 2 is 2.25 bits per heavy atom. The molecule has 0 atom stereocenters. The molecule has 0 spiro atoms. The number of H-pyrrole nitrogens is 1. The summed E-state index contributed by atoms with van der Waals surface area (Å²) in [5, 5.41) is 6.86. The third-order valence-corrected chi connectivity index (χ3v) is 1.58. The number of nitrogens with zero attached hydrogens (tertiary/aromatic N) is 3. The maximum Gasteiger partial charge on any atom is 0.174 e. The van der Waals surface area contributed by atoms with Gasteiger partial charge in [-0.2, -0.15) is 5.10 Å². The molecule has 0 amide bonds. The summed E-state index contributed by atoms with van der Waals surface area (Å²) >= 11 is 5.69. The zero-order chi connectivity index (χ0) is 8.39. The van der Waals surface area contributed by atoms with Gasteiger partial charge < -0.3 is 0 Å². The minimum Gasteiger partial charge on any atom is -0.258 e. The summed E-state index contributed by atoms with van der Waals surface area (Å²) in [6.07, 6.45) is 1.43. The van der Waals surface area contributed by atoms with Crippen molar-refractivity contribution in [1.82, 2.24) is 20.2 Å². The molecule has 0 aromatic carbocycles. The van der Waals surface area contributed by atoms with Gasteiger partial charge in [0.25, 0.3) is 0 Å². The van der Waals surface area contributed by atoms with E-state index < -0.39 is 0 Å². The van der Waals surface area contributed by atoms with Crippen molar-refractivity contribution in [2.75, 3.05) is 0 Å². The summed E-state index contributed by atoms with van der Waals surface area (Å²) in [5.41, 5.74) is 0.694. The Morgan fingerprint density at radius 3 is 2.92 bits per heavy atom. The Balaban J connectivity index is 2.48. The van der Waals surface area contributed by atoms with Crippen LogP contribution >= 0.6 is 11.6 Å². The van der Waals surface area contributed by atoms with Crippen molar-refractivity contribution in [3.63, 3.8) is 0 Å². The standard InChI is InChI=1S/C7H5ClN4/c8-6-3-1-2-5(11-6)7-9-4-10-12-7/h1-4H,(H,9,10,12). The van der Waals surface area contributed by atoms with Gasteiger partial charge in [0.1, 0.15) is 17.2 Å². The zero-order valence-electron chi connectivity index (χ0n) is 6.03. The molecule has 2 rings (SSSR count). The predicted molar refractivity (Wildman–Crippen MR) is 44.6 cm³/mol. The van der Waals surface area contributed by atoms with Crippen LogP contribution in [0.25, 0.3) is 11.5 Å². The first-order valence-corrected chi connectivity index (χ1v) is 3.72. The van der Waals surface area contributed by atoms with E-state index in [4.69, 9.17) is 11.6 Å². The van der Waals surface area contributed by atoms with Crippen LogP contribution < -0.4 is 0 Å². The van der Waals surface area contributed by atoms with Crippen LogP contribution in [0.3, 0.4) is 0 Å². The lowest BCUT2D eigenvalue weighted by atomic mass is 10.3. The molecular weight excluding hydrogens is 176 g/mol. The normalized spacial score (nSPS) is 10.1. The molecule has 0 saturated heterocycles. The van der Waals surface area contributed by atoms with E-state index in [1.807, 2.05) is 12.1 Å². The molecule has 0 aliphatic carbocycles. The summed E-state index contributed by atoms with van der Waals surface area (Å²) in [5.74, 6) is 0.623. The van der Waals surface area contributed by atoms with Gasteiger partial charge in [0, 0.05) is 0 Å². The first-order valence-electron chi connectivity index (χ1n) is 3.34.